The highest BCUT2D eigenvalue weighted by atomic mass is 79.9. The van der Waals surface area contributed by atoms with Crippen LogP contribution >= 0.6 is 27.5 Å². The summed E-state index contributed by atoms with van der Waals surface area (Å²) in [7, 11) is 0. The molecule has 0 rings (SSSR count). The van der Waals surface area contributed by atoms with E-state index < -0.39 is 17.2 Å². The van der Waals surface area contributed by atoms with Gasteiger partial charge >= 0.3 is 10.8 Å². The standard InChI is InChI=1S/C12H20BrClF4/c13-12(17,18)11(15,16)9-7-5-3-1-2-4-6-8-10-14/h1-10H2. The van der Waals surface area contributed by atoms with E-state index in [4.69, 9.17) is 11.6 Å². The molecule has 0 aromatic carbocycles. The van der Waals surface area contributed by atoms with E-state index >= 15 is 0 Å². The van der Waals surface area contributed by atoms with Crippen LogP contribution in [0, 0.1) is 0 Å². The maximum Gasteiger partial charge on any atom is 0.363 e. The fraction of sp³-hybridized carbons (Fsp3) is 1.00. The topological polar surface area (TPSA) is 0 Å². The summed E-state index contributed by atoms with van der Waals surface area (Å²) in [5, 5.41) is 0. The van der Waals surface area contributed by atoms with Crippen molar-refractivity contribution >= 4 is 27.5 Å². The summed E-state index contributed by atoms with van der Waals surface area (Å²) in [6.45, 7) is 0. The molecule has 110 valence electrons. The van der Waals surface area contributed by atoms with Crippen LogP contribution in [0.2, 0.25) is 0 Å². The van der Waals surface area contributed by atoms with Crippen LogP contribution in [0.3, 0.4) is 0 Å². The lowest BCUT2D eigenvalue weighted by atomic mass is 10.1. The Kier molecular flexibility index (Phi) is 9.66. The number of halogens is 6. The van der Waals surface area contributed by atoms with Crippen LogP contribution in [0.25, 0.3) is 0 Å². The molecule has 0 aliphatic carbocycles. The van der Waals surface area contributed by atoms with E-state index in [9.17, 15) is 17.6 Å². The van der Waals surface area contributed by atoms with E-state index in [2.05, 4.69) is 0 Å². The van der Waals surface area contributed by atoms with Crippen molar-refractivity contribution in [1.29, 1.82) is 0 Å². The number of hydrogen-bond acceptors (Lipinski definition) is 0. The van der Waals surface area contributed by atoms with Crippen LogP contribution in [-0.4, -0.2) is 16.6 Å². The van der Waals surface area contributed by atoms with Gasteiger partial charge in [0.25, 0.3) is 0 Å². The third-order valence-electron chi connectivity index (χ3n) is 2.79. The van der Waals surface area contributed by atoms with Gasteiger partial charge in [-0.3, -0.25) is 0 Å². The predicted molar refractivity (Wildman–Crippen MR) is 71.1 cm³/mol. The molecule has 0 aliphatic rings. The zero-order chi connectivity index (χ0) is 14.1. The molecule has 6 heteroatoms. The minimum absolute atomic E-state index is 0.135. The van der Waals surface area contributed by atoms with Gasteiger partial charge in [0.05, 0.1) is 0 Å². The fourth-order valence-electron chi connectivity index (χ4n) is 1.64. The molecule has 0 nitrogen and oxygen atoms in total. The molecule has 0 N–H and O–H groups in total. The third-order valence-corrected chi connectivity index (χ3v) is 3.64. The van der Waals surface area contributed by atoms with Gasteiger partial charge in [-0.1, -0.05) is 38.5 Å². The number of hydrogen-bond donors (Lipinski definition) is 0. The van der Waals surface area contributed by atoms with Crippen LogP contribution in [0.4, 0.5) is 17.6 Å². The summed E-state index contributed by atoms with van der Waals surface area (Å²) in [6.07, 6.45) is 6.00. The highest BCUT2D eigenvalue weighted by Gasteiger charge is 2.53. The Morgan fingerprint density at radius 2 is 1.11 bits per heavy atom. The van der Waals surface area contributed by atoms with Crippen molar-refractivity contribution in [3.8, 4) is 0 Å². The van der Waals surface area contributed by atoms with Crippen LogP contribution in [0.15, 0.2) is 0 Å². The second-order valence-corrected chi connectivity index (χ2v) is 5.84. The van der Waals surface area contributed by atoms with E-state index in [0.717, 1.165) is 38.5 Å². The number of rotatable bonds is 11. The maximum atomic E-state index is 12.8. The predicted octanol–water partition coefficient (Wildman–Crippen LogP) is 6.36. The van der Waals surface area contributed by atoms with Crippen molar-refractivity contribution in [3.05, 3.63) is 0 Å². The average molecular weight is 356 g/mol. The summed E-state index contributed by atoms with van der Waals surface area (Å²) in [4.78, 5) is -4.10. The van der Waals surface area contributed by atoms with Gasteiger partial charge in [-0.25, -0.2) is 0 Å². The summed E-state index contributed by atoms with van der Waals surface area (Å²) in [5.74, 6) is -3.27. The summed E-state index contributed by atoms with van der Waals surface area (Å²) in [5.41, 5.74) is 0. The second-order valence-electron chi connectivity index (χ2n) is 4.47. The van der Waals surface area contributed by atoms with E-state index in [-0.39, 0.29) is 6.42 Å². The highest BCUT2D eigenvalue weighted by molar-refractivity contribution is 9.10. The number of alkyl halides is 6. The van der Waals surface area contributed by atoms with Crippen molar-refractivity contribution in [1.82, 2.24) is 0 Å². The van der Waals surface area contributed by atoms with Gasteiger partial charge in [-0.15, -0.1) is 11.6 Å². The van der Waals surface area contributed by atoms with Crippen LogP contribution < -0.4 is 0 Å². The lowest BCUT2D eigenvalue weighted by Gasteiger charge is -2.21. The zero-order valence-corrected chi connectivity index (χ0v) is 12.7. The highest BCUT2D eigenvalue weighted by Crippen LogP contribution is 2.42. The van der Waals surface area contributed by atoms with Crippen LogP contribution in [0.1, 0.15) is 57.8 Å². The maximum absolute atomic E-state index is 12.8. The molecule has 0 heterocycles. The average Bonchev–Trinajstić information content (AvgIpc) is 2.25. The quantitative estimate of drug-likeness (QED) is 0.230. The van der Waals surface area contributed by atoms with Crippen molar-refractivity contribution in [3.63, 3.8) is 0 Å². The second kappa shape index (κ2) is 9.40. The largest absolute Gasteiger partial charge is 0.363 e. The minimum atomic E-state index is -4.10. The fourth-order valence-corrected chi connectivity index (χ4v) is 2.03. The van der Waals surface area contributed by atoms with E-state index in [0.29, 0.717) is 12.3 Å². The monoisotopic (exact) mass is 354 g/mol. The number of unbranched alkanes of at least 4 members (excludes halogenated alkanes) is 7. The van der Waals surface area contributed by atoms with Gasteiger partial charge < -0.3 is 0 Å². The first-order chi connectivity index (χ1) is 8.31. The van der Waals surface area contributed by atoms with Crippen molar-refractivity contribution < 1.29 is 17.6 Å². The zero-order valence-electron chi connectivity index (χ0n) is 10.3. The Hall–Kier alpha value is 0.490. The minimum Gasteiger partial charge on any atom is -0.199 e. The molecule has 0 radical (unpaired) electrons. The normalized spacial score (nSPS) is 13.0. The first-order valence-electron chi connectivity index (χ1n) is 6.32. The van der Waals surface area contributed by atoms with Gasteiger partial charge in [-0.2, -0.15) is 17.6 Å². The van der Waals surface area contributed by atoms with E-state index in [1.807, 2.05) is 0 Å². The summed E-state index contributed by atoms with van der Waals surface area (Å²) < 4.78 is 50.5. The molecule has 0 aromatic heterocycles. The molecule has 0 spiro atoms. The summed E-state index contributed by atoms with van der Waals surface area (Å²) >= 11 is 7.25. The summed E-state index contributed by atoms with van der Waals surface area (Å²) in [6, 6.07) is 0. The Morgan fingerprint density at radius 3 is 1.50 bits per heavy atom. The molecule has 0 saturated heterocycles. The Labute approximate surface area is 120 Å². The van der Waals surface area contributed by atoms with Gasteiger partial charge in [0.2, 0.25) is 0 Å². The van der Waals surface area contributed by atoms with E-state index in [1.165, 1.54) is 0 Å². The smallest absolute Gasteiger partial charge is 0.199 e. The molecule has 0 saturated carbocycles. The van der Waals surface area contributed by atoms with Gasteiger partial charge in [0.1, 0.15) is 0 Å². The molecule has 18 heavy (non-hydrogen) atoms. The van der Waals surface area contributed by atoms with Crippen molar-refractivity contribution in [2.24, 2.45) is 0 Å². The Balaban J connectivity index is 3.41. The first-order valence-corrected chi connectivity index (χ1v) is 7.64. The lowest BCUT2D eigenvalue weighted by molar-refractivity contribution is -0.151. The Morgan fingerprint density at radius 1 is 0.722 bits per heavy atom. The molecule has 0 aliphatic heterocycles. The molecule has 0 atom stereocenters. The molecule has 0 unspecified atom stereocenters. The molecule has 0 fully saturated rings. The first kappa shape index (κ1) is 18.5. The van der Waals surface area contributed by atoms with Crippen LogP contribution in [0.5, 0.6) is 0 Å². The molecule has 0 bridgehead atoms. The van der Waals surface area contributed by atoms with Gasteiger partial charge in [0, 0.05) is 12.3 Å². The molecular weight excluding hydrogens is 335 g/mol. The lowest BCUT2D eigenvalue weighted by Crippen LogP contribution is -2.34. The van der Waals surface area contributed by atoms with E-state index in [1.54, 1.807) is 15.9 Å². The van der Waals surface area contributed by atoms with Crippen LogP contribution in [-0.2, 0) is 0 Å². The van der Waals surface area contributed by atoms with Crippen molar-refractivity contribution in [2.75, 3.05) is 5.88 Å². The Bertz CT molecular complexity index is 207. The molecule has 0 amide bonds. The van der Waals surface area contributed by atoms with Gasteiger partial charge in [0.15, 0.2) is 0 Å². The third kappa shape index (κ3) is 8.57. The van der Waals surface area contributed by atoms with Crippen molar-refractivity contribution in [2.45, 2.75) is 68.5 Å². The molecule has 0 aromatic rings. The SMILES string of the molecule is FC(F)(Br)C(F)(F)CCCCCCCCCCCl. The molecular formula is C12H20BrClF4. The van der Waals surface area contributed by atoms with Gasteiger partial charge in [-0.05, 0) is 28.8 Å².